The molecule has 1 heterocycles. The van der Waals surface area contributed by atoms with Crippen molar-refractivity contribution in [2.75, 3.05) is 20.1 Å². The first-order valence-corrected chi connectivity index (χ1v) is 9.09. The molecule has 0 amide bonds. The molecule has 3 nitrogen and oxygen atoms in total. The molecule has 24 heavy (non-hydrogen) atoms. The highest BCUT2D eigenvalue weighted by atomic mass is 19.1. The van der Waals surface area contributed by atoms with Crippen LogP contribution in [-0.4, -0.2) is 37.0 Å². The Morgan fingerprint density at radius 1 is 1.12 bits per heavy atom. The summed E-state index contributed by atoms with van der Waals surface area (Å²) in [7, 11) is 1.80. The second-order valence-corrected chi connectivity index (χ2v) is 7.49. The zero-order chi connectivity index (χ0) is 16.7. The lowest BCUT2D eigenvalue weighted by Gasteiger charge is -2.22. The van der Waals surface area contributed by atoms with Crippen molar-refractivity contribution >= 4 is 5.96 Å². The van der Waals surface area contributed by atoms with Gasteiger partial charge in [0.15, 0.2) is 5.96 Å². The van der Waals surface area contributed by atoms with Gasteiger partial charge in [-0.3, -0.25) is 4.99 Å². The average molecular weight is 333 g/mol. The summed E-state index contributed by atoms with van der Waals surface area (Å²) in [6, 6.07) is 4.18. The predicted octanol–water partition coefficient (Wildman–Crippen LogP) is 3.52. The van der Waals surface area contributed by atoms with Crippen molar-refractivity contribution in [1.82, 2.24) is 10.2 Å². The van der Waals surface area contributed by atoms with Gasteiger partial charge in [0.2, 0.25) is 0 Å². The third kappa shape index (κ3) is 2.89. The third-order valence-electron chi connectivity index (χ3n) is 5.96. The van der Waals surface area contributed by atoms with Crippen LogP contribution >= 0.6 is 0 Å². The lowest BCUT2D eigenvalue weighted by molar-refractivity contribution is 0.299. The third-order valence-corrected chi connectivity index (χ3v) is 5.96. The standard InChI is InChI=1S/C19H25F2N3/c1-22-19(24-10-12-5-2-3-6-13(12)11-24)23-17-9-14(17)18-15(20)7-4-8-16(18)21/h4,7-8,12-14,17H,2-3,5-6,9-11H2,1H3,(H,22,23). The molecule has 2 saturated carbocycles. The number of benzene rings is 1. The van der Waals surface area contributed by atoms with E-state index in [0.29, 0.717) is 0 Å². The van der Waals surface area contributed by atoms with Crippen molar-refractivity contribution in [3.05, 3.63) is 35.4 Å². The maximum Gasteiger partial charge on any atom is 0.193 e. The van der Waals surface area contributed by atoms with E-state index < -0.39 is 11.6 Å². The van der Waals surface area contributed by atoms with Gasteiger partial charge in [-0.05, 0) is 43.2 Å². The molecule has 0 radical (unpaired) electrons. The summed E-state index contributed by atoms with van der Waals surface area (Å²) in [5.41, 5.74) is 0.223. The smallest absolute Gasteiger partial charge is 0.193 e. The molecule has 1 saturated heterocycles. The van der Waals surface area contributed by atoms with Crippen LogP contribution in [0.25, 0.3) is 0 Å². The quantitative estimate of drug-likeness (QED) is 0.662. The monoisotopic (exact) mass is 333 g/mol. The van der Waals surface area contributed by atoms with Gasteiger partial charge in [-0.1, -0.05) is 18.9 Å². The van der Waals surface area contributed by atoms with Crippen molar-refractivity contribution in [3.8, 4) is 0 Å². The average Bonchev–Trinajstić information content (AvgIpc) is 3.18. The van der Waals surface area contributed by atoms with E-state index in [4.69, 9.17) is 0 Å². The largest absolute Gasteiger partial charge is 0.353 e. The molecule has 1 aromatic rings. The number of likely N-dealkylation sites (tertiary alicyclic amines) is 1. The molecule has 5 heteroatoms. The molecular weight excluding hydrogens is 308 g/mol. The van der Waals surface area contributed by atoms with E-state index in [2.05, 4.69) is 15.2 Å². The van der Waals surface area contributed by atoms with Crippen LogP contribution in [0.4, 0.5) is 8.78 Å². The van der Waals surface area contributed by atoms with Crippen LogP contribution in [0.3, 0.4) is 0 Å². The summed E-state index contributed by atoms with van der Waals surface area (Å²) in [5.74, 6) is 1.51. The topological polar surface area (TPSA) is 27.6 Å². The minimum Gasteiger partial charge on any atom is -0.353 e. The summed E-state index contributed by atoms with van der Waals surface area (Å²) >= 11 is 0. The van der Waals surface area contributed by atoms with Crippen molar-refractivity contribution in [1.29, 1.82) is 0 Å². The van der Waals surface area contributed by atoms with Gasteiger partial charge in [0.25, 0.3) is 0 Å². The fourth-order valence-corrected chi connectivity index (χ4v) is 4.58. The lowest BCUT2D eigenvalue weighted by Crippen LogP contribution is -2.41. The maximum absolute atomic E-state index is 13.9. The van der Waals surface area contributed by atoms with Crippen LogP contribution < -0.4 is 5.32 Å². The highest BCUT2D eigenvalue weighted by Gasteiger charge is 2.44. The van der Waals surface area contributed by atoms with Gasteiger partial charge in [-0.15, -0.1) is 0 Å². The van der Waals surface area contributed by atoms with E-state index in [1.54, 1.807) is 7.05 Å². The van der Waals surface area contributed by atoms with E-state index in [0.717, 1.165) is 37.3 Å². The maximum atomic E-state index is 13.9. The number of fused-ring (bicyclic) bond motifs is 1. The number of nitrogens with zero attached hydrogens (tertiary/aromatic N) is 2. The summed E-state index contributed by atoms with van der Waals surface area (Å²) in [6.07, 6.45) is 6.10. The lowest BCUT2D eigenvalue weighted by atomic mass is 9.82. The number of aliphatic imine (C=N–C) groups is 1. The minimum atomic E-state index is -0.438. The molecule has 4 atom stereocenters. The molecule has 4 rings (SSSR count). The van der Waals surface area contributed by atoms with Crippen molar-refractivity contribution in [3.63, 3.8) is 0 Å². The number of hydrogen-bond donors (Lipinski definition) is 1. The molecule has 130 valence electrons. The normalized spacial score (nSPS) is 32.6. The fourth-order valence-electron chi connectivity index (χ4n) is 4.58. The van der Waals surface area contributed by atoms with Crippen molar-refractivity contribution in [2.45, 2.75) is 44.1 Å². The van der Waals surface area contributed by atoms with Crippen LogP contribution in [0.1, 0.15) is 43.6 Å². The molecule has 3 aliphatic rings. The predicted molar refractivity (Wildman–Crippen MR) is 91.0 cm³/mol. The van der Waals surface area contributed by atoms with Gasteiger partial charge < -0.3 is 10.2 Å². The van der Waals surface area contributed by atoms with E-state index >= 15 is 0 Å². The van der Waals surface area contributed by atoms with Crippen molar-refractivity contribution < 1.29 is 8.78 Å². The Morgan fingerprint density at radius 2 is 1.75 bits per heavy atom. The Balaban J connectivity index is 1.40. The number of halogens is 2. The molecular formula is C19H25F2N3. The Kier molecular flexibility index (Phi) is 4.19. The van der Waals surface area contributed by atoms with Crippen LogP contribution in [0.5, 0.6) is 0 Å². The van der Waals surface area contributed by atoms with Gasteiger partial charge in [0.05, 0.1) is 0 Å². The molecule has 2 aliphatic carbocycles. The zero-order valence-electron chi connectivity index (χ0n) is 14.1. The molecule has 1 N–H and O–H groups in total. The molecule has 0 bridgehead atoms. The number of nitrogens with one attached hydrogen (secondary N) is 1. The molecule has 4 unspecified atom stereocenters. The van der Waals surface area contributed by atoms with Gasteiger partial charge in [0.1, 0.15) is 11.6 Å². The number of rotatable bonds is 2. The fraction of sp³-hybridized carbons (Fsp3) is 0.632. The first-order valence-electron chi connectivity index (χ1n) is 9.09. The summed E-state index contributed by atoms with van der Waals surface area (Å²) in [4.78, 5) is 6.77. The molecule has 1 aromatic carbocycles. The first kappa shape index (κ1) is 15.9. The van der Waals surface area contributed by atoms with E-state index in [-0.39, 0.29) is 17.5 Å². The Morgan fingerprint density at radius 3 is 2.33 bits per heavy atom. The number of hydrogen-bond acceptors (Lipinski definition) is 1. The summed E-state index contributed by atoms with van der Waals surface area (Å²) < 4.78 is 27.9. The molecule has 3 fully saturated rings. The summed E-state index contributed by atoms with van der Waals surface area (Å²) in [5, 5.41) is 3.44. The second-order valence-electron chi connectivity index (χ2n) is 7.49. The van der Waals surface area contributed by atoms with Crippen LogP contribution in [0.15, 0.2) is 23.2 Å². The van der Waals surface area contributed by atoms with Gasteiger partial charge in [-0.2, -0.15) is 0 Å². The van der Waals surface area contributed by atoms with Gasteiger partial charge in [-0.25, -0.2) is 8.78 Å². The van der Waals surface area contributed by atoms with E-state index in [1.807, 2.05) is 0 Å². The van der Waals surface area contributed by atoms with Gasteiger partial charge >= 0.3 is 0 Å². The number of guanidine groups is 1. The first-order chi connectivity index (χ1) is 11.7. The van der Waals surface area contributed by atoms with Crippen LogP contribution in [0, 0.1) is 23.5 Å². The SMILES string of the molecule is CN=C(NC1CC1c1c(F)cccc1F)N1CC2CCCCC2C1. The molecule has 0 spiro atoms. The zero-order valence-corrected chi connectivity index (χ0v) is 14.1. The van der Waals surface area contributed by atoms with Gasteiger partial charge in [0, 0.05) is 37.7 Å². The Labute approximate surface area is 142 Å². The van der Waals surface area contributed by atoms with E-state index in [9.17, 15) is 8.78 Å². The van der Waals surface area contributed by atoms with Crippen LogP contribution in [-0.2, 0) is 0 Å². The highest BCUT2D eigenvalue weighted by molar-refractivity contribution is 5.81. The second kappa shape index (κ2) is 6.34. The highest BCUT2D eigenvalue weighted by Crippen LogP contribution is 2.43. The Hall–Kier alpha value is -1.65. The molecule has 0 aromatic heterocycles. The van der Waals surface area contributed by atoms with Crippen molar-refractivity contribution in [2.24, 2.45) is 16.8 Å². The minimum absolute atomic E-state index is 0.0812. The van der Waals surface area contributed by atoms with E-state index in [1.165, 1.54) is 43.9 Å². The Bertz CT molecular complexity index is 611. The van der Waals surface area contributed by atoms with Crippen LogP contribution in [0.2, 0.25) is 0 Å². The summed E-state index contributed by atoms with van der Waals surface area (Å²) in [6.45, 7) is 2.13. The molecule has 1 aliphatic heterocycles.